The maximum Gasteiger partial charge on any atom is 0.342 e. The van der Waals surface area contributed by atoms with Crippen molar-refractivity contribution in [1.82, 2.24) is 0 Å². The van der Waals surface area contributed by atoms with Gasteiger partial charge < -0.3 is 9.84 Å². The second kappa shape index (κ2) is 6.11. The van der Waals surface area contributed by atoms with E-state index in [1.165, 1.54) is 6.07 Å². The van der Waals surface area contributed by atoms with E-state index < -0.39 is 22.1 Å². The van der Waals surface area contributed by atoms with Gasteiger partial charge in [-0.2, -0.15) is 0 Å². The number of ether oxygens (including phenoxy) is 1. The number of aromatic carboxylic acids is 1. The number of carbonyl (C=O) groups is 1. The Labute approximate surface area is 132 Å². The van der Waals surface area contributed by atoms with E-state index >= 15 is 0 Å². The highest BCUT2D eigenvalue weighted by atomic mass is 79.9. The second-order valence-corrected chi connectivity index (χ2v) is 5.24. The minimum absolute atomic E-state index is 0.117. The van der Waals surface area contributed by atoms with Gasteiger partial charge in [0.05, 0.1) is 16.0 Å². The molecule has 21 heavy (non-hydrogen) atoms. The van der Waals surface area contributed by atoms with Gasteiger partial charge in [-0.25, -0.2) is 4.79 Å². The van der Waals surface area contributed by atoms with Gasteiger partial charge in [-0.3, -0.25) is 10.1 Å². The van der Waals surface area contributed by atoms with Crippen LogP contribution in [0.2, 0.25) is 5.02 Å². The van der Waals surface area contributed by atoms with Crippen LogP contribution in [0.25, 0.3) is 0 Å². The molecule has 0 aliphatic carbocycles. The third-order valence-corrected chi connectivity index (χ3v) is 3.32. The lowest BCUT2D eigenvalue weighted by molar-refractivity contribution is -0.385. The molecule has 0 radical (unpaired) electrons. The highest BCUT2D eigenvalue weighted by molar-refractivity contribution is 9.10. The zero-order valence-electron chi connectivity index (χ0n) is 10.2. The smallest absolute Gasteiger partial charge is 0.342 e. The number of nitro benzene ring substituents is 1. The molecule has 0 unspecified atom stereocenters. The van der Waals surface area contributed by atoms with Crippen LogP contribution in [0.15, 0.2) is 40.9 Å². The molecule has 0 aliphatic rings. The average molecular weight is 373 g/mol. The Morgan fingerprint density at radius 2 is 2.00 bits per heavy atom. The SMILES string of the molecule is O=C(O)c1ccc(Oc2cc(Br)ccc2Cl)cc1[N+](=O)[O-]. The summed E-state index contributed by atoms with van der Waals surface area (Å²) in [6.07, 6.45) is 0. The van der Waals surface area contributed by atoms with Gasteiger partial charge >= 0.3 is 5.97 Å². The van der Waals surface area contributed by atoms with Crippen molar-refractivity contribution < 1.29 is 19.6 Å². The van der Waals surface area contributed by atoms with E-state index in [9.17, 15) is 14.9 Å². The fraction of sp³-hybridized carbons (Fsp3) is 0. The first-order valence-electron chi connectivity index (χ1n) is 5.53. The first-order valence-corrected chi connectivity index (χ1v) is 6.70. The topological polar surface area (TPSA) is 89.7 Å². The number of carboxylic acids is 1. The minimum Gasteiger partial charge on any atom is -0.477 e. The summed E-state index contributed by atoms with van der Waals surface area (Å²) in [5.41, 5.74) is -0.959. The van der Waals surface area contributed by atoms with E-state index in [0.29, 0.717) is 10.8 Å². The number of nitro groups is 1. The van der Waals surface area contributed by atoms with Gasteiger partial charge in [-0.1, -0.05) is 27.5 Å². The first-order chi connectivity index (χ1) is 9.88. The number of benzene rings is 2. The van der Waals surface area contributed by atoms with Crippen LogP contribution in [0.4, 0.5) is 5.69 Å². The van der Waals surface area contributed by atoms with E-state index in [0.717, 1.165) is 16.6 Å². The van der Waals surface area contributed by atoms with Crippen molar-refractivity contribution in [2.75, 3.05) is 0 Å². The molecular formula is C13H7BrClNO5. The van der Waals surface area contributed by atoms with Crippen molar-refractivity contribution in [1.29, 1.82) is 0 Å². The molecule has 0 aliphatic heterocycles. The summed E-state index contributed by atoms with van der Waals surface area (Å²) in [7, 11) is 0. The fourth-order valence-electron chi connectivity index (χ4n) is 1.59. The number of halogens is 2. The molecule has 2 aromatic carbocycles. The number of hydrogen-bond donors (Lipinski definition) is 1. The van der Waals surface area contributed by atoms with Crippen LogP contribution in [0.3, 0.4) is 0 Å². The second-order valence-electron chi connectivity index (χ2n) is 3.92. The van der Waals surface area contributed by atoms with E-state index in [4.69, 9.17) is 21.4 Å². The largest absolute Gasteiger partial charge is 0.477 e. The van der Waals surface area contributed by atoms with Crippen molar-refractivity contribution >= 4 is 39.2 Å². The molecular weight excluding hydrogens is 366 g/mol. The van der Waals surface area contributed by atoms with E-state index in [1.807, 2.05) is 0 Å². The van der Waals surface area contributed by atoms with Crippen molar-refractivity contribution in [2.45, 2.75) is 0 Å². The fourth-order valence-corrected chi connectivity index (χ4v) is 2.09. The molecule has 0 fully saturated rings. The van der Waals surface area contributed by atoms with Gasteiger partial charge in [-0.15, -0.1) is 0 Å². The van der Waals surface area contributed by atoms with Crippen LogP contribution in [-0.4, -0.2) is 16.0 Å². The van der Waals surface area contributed by atoms with E-state index in [2.05, 4.69) is 15.9 Å². The Morgan fingerprint density at radius 1 is 1.29 bits per heavy atom. The van der Waals surface area contributed by atoms with Gasteiger partial charge in [0.15, 0.2) is 0 Å². The standard InChI is InChI=1S/C13H7BrClNO5/c14-7-1-4-10(15)12(5-7)21-8-2-3-9(13(17)18)11(6-8)16(19)20/h1-6H,(H,17,18). The molecule has 2 aromatic rings. The van der Waals surface area contributed by atoms with Gasteiger partial charge in [0.1, 0.15) is 17.1 Å². The van der Waals surface area contributed by atoms with E-state index in [1.54, 1.807) is 18.2 Å². The molecule has 0 aromatic heterocycles. The Morgan fingerprint density at radius 3 is 2.62 bits per heavy atom. The lowest BCUT2D eigenvalue weighted by atomic mass is 10.1. The van der Waals surface area contributed by atoms with Crippen molar-refractivity contribution in [3.63, 3.8) is 0 Å². The van der Waals surface area contributed by atoms with Gasteiger partial charge in [-0.05, 0) is 30.3 Å². The minimum atomic E-state index is -1.38. The summed E-state index contributed by atoms with van der Waals surface area (Å²) in [6.45, 7) is 0. The number of rotatable bonds is 4. The molecule has 6 nitrogen and oxygen atoms in total. The lowest BCUT2D eigenvalue weighted by Crippen LogP contribution is -2.02. The summed E-state index contributed by atoms with van der Waals surface area (Å²) in [5.74, 6) is -0.969. The lowest BCUT2D eigenvalue weighted by Gasteiger charge is -2.08. The predicted octanol–water partition coefficient (Wildman–Crippen LogP) is 4.50. The third kappa shape index (κ3) is 3.50. The highest BCUT2D eigenvalue weighted by Gasteiger charge is 2.21. The normalized spacial score (nSPS) is 10.2. The Kier molecular flexibility index (Phi) is 4.44. The van der Waals surface area contributed by atoms with Crippen LogP contribution < -0.4 is 4.74 Å². The molecule has 0 spiro atoms. The molecule has 0 bridgehead atoms. The van der Waals surface area contributed by atoms with Crippen molar-refractivity contribution in [2.24, 2.45) is 0 Å². The highest BCUT2D eigenvalue weighted by Crippen LogP contribution is 2.34. The molecule has 108 valence electrons. The Bertz CT molecular complexity index is 734. The van der Waals surface area contributed by atoms with Crippen LogP contribution in [0.1, 0.15) is 10.4 Å². The summed E-state index contributed by atoms with van der Waals surface area (Å²) in [5, 5.41) is 20.1. The summed E-state index contributed by atoms with van der Waals surface area (Å²) < 4.78 is 6.18. The first kappa shape index (κ1) is 15.3. The molecule has 1 N–H and O–H groups in total. The van der Waals surface area contributed by atoms with Gasteiger partial charge in [0.2, 0.25) is 0 Å². The summed E-state index contributed by atoms with van der Waals surface area (Å²) >= 11 is 9.21. The maximum absolute atomic E-state index is 10.9. The average Bonchev–Trinajstić information content (AvgIpc) is 2.42. The van der Waals surface area contributed by atoms with Crippen LogP contribution in [0, 0.1) is 10.1 Å². The zero-order valence-corrected chi connectivity index (χ0v) is 12.6. The number of carboxylic acid groups (broad SMARTS) is 1. The monoisotopic (exact) mass is 371 g/mol. The molecule has 0 saturated heterocycles. The summed E-state index contributed by atoms with van der Waals surface area (Å²) in [6, 6.07) is 8.39. The van der Waals surface area contributed by atoms with Crippen LogP contribution >= 0.6 is 27.5 Å². The number of hydrogen-bond acceptors (Lipinski definition) is 4. The molecule has 0 heterocycles. The third-order valence-electron chi connectivity index (χ3n) is 2.52. The Balaban J connectivity index is 2.41. The quantitative estimate of drug-likeness (QED) is 0.630. The molecule has 8 heteroatoms. The van der Waals surface area contributed by atoms with Gasteiger partial charge in [0, 0.05) is 4.47 Å². The van der Waals surface area contributed by atoms with Crippen LogP contribution in [-0.2, 0) is 0 Å². The van der Waals surface area contributed by atoms with E-state index in [-0.39, 0.29) is 5.75 Å². The van der Waals surface area contributed by atoms with Gasteiger partial charge in [0.25, 0.3) is 5.69 Å². The predicted molar refractivity (Wildman–Crippen MR) is 79.3 cm³/mol. The molecule has 0 atom stereocenters. The maximum atomic E-state index is 10.9. The summed E-state index contributed by atoms with van der Waals surface area (Å²) in [4.78, 5) is 21.0. The van der Waals surface area contributed by atoms with Crippen molar-refractivity contribution in [3.8, 4) is 11.5 Å². The molecule has 0 amide bonds. The van der Waals surface area contributed by atoms with Crippen molar-refractivity contribution in [3.05, 3.63) is 61.6 Å². The molecule has 2 rings (SSSR count). The molecule has 0 saturated carbocycles. The number of nitrogens with zero attached hydrogens (tertiary/aromatic N) is 1. The zero-order chi connectivity index (χ0) is 15.6. The van der Waals surface area contributed by atoms with Crippen LogP contribution in [0.5, 0.6) is 11.5 Å². The Hall–Kier alpha value is -2.12.